The van der Waals surface area contributed by atoms with Gasteiger partial charge in [0.25, 0.3) is 11.8 Å². The molecule has 0 aliphatic heterocycles. The molecule has 0 saturated carbocycles. The number of nitrogens with zero attached hydrogens (tertiary/aromatic N) is 1. The summed E-state index contributed by atoms with van der Waals surface area (Å²) in [6.45, 7) is 3.95. The Hall–Kier alpha value is -5.06. The normalized spacial score (nSPS) is 11.8. The summed E-state index contributed by atoms with van der Waals surface area (Å²) in [7, 11) is 0. The number of anilines is 2. The predicted molar refractivity (Wildman–Crippen MR) is 184 cm³/mol. The molecule has 46 heavy (non-hydrogen) atoms. The fraction of sp³-hybridized carbons (Fsp3) is 0.111. The van der Waals surface area contributed by atoms with Crippen molar-refractivity contribution in [2.24, 2.45) is 0 Å². The molecule has 1 aromatic heterocycles. The van der Waals surface area contributed by atoms with E-state index in [0.717, 1.165) is 21.7 Å². The van der Waals surface area contributed by atoms with E-state index in [9.17, 15) is 18.8 Å². The molecule has 0 bridgehead atoms. The number of aromatic nitrogens is 1. The van der Waals surface area contributed by atoms with Crippen molar-refractivity contribution < 1.29 is 18.8 Å². The first-order chi connectivity index (χ1) is 22.3. The molecule has 1 heterocycles. The summed E-state index contributed by atoms with van der Waals surface area (Å²) in [6.07, 6.45) is 1.86. The quantitative estimate of drug-likeness (QED) is 0.0989. The Morgan fingerprint density at radius 2 is 1.65 bits per heavy atom. The molecule has 0 saturated heterocycles. The molecule has 5 rings (SSSR count). The van der Waals surface area contributed by atoms with Crippen LogP contribution in [0.4, 0.5) is 15.2 Å². The molecular weight excluding hydrogens is 620 g/mol. The number of carbonyl (C=O) groups excluding carboxylic acids is 3. The van der Waals surface area contributed by atoms with E-state index in [-0.39, 0.29) is 17.2 Å². The van der Waals surface area contributed by atoms with E-state index in [1.807, 2.05) is 49.6 Å². The summed E-state index contributed by atoms with van der Waals surface area (Å²) in [5.41, 5.74) is 3.75. The fourth-order valence-electron chi connectivity index (χ4n) is 4.40. The Kier molecular flexibility index (Phi) is 10.7. The molecule has 10 heteroatoms. The standard InChI is InChI=1S/C36H31FN4O3S2/c1-3-32(35(44)41-36-40-31(22-45-36)24-18-16-23(2)17-19-24)46-28-14-9-13-27(21-28)38-34(43)30(20-26-12-7-8-15-29(26)37)39-33(42)25-10-5-4-6-11-25/h4-22,32H,3H2,1-2H3,(H,38,43)(H,39,42)(H,40,41,44)/b30-20-. The SMILES string of the molecule is CCC(Sc1cccc(NC(=O)/C(=C/c2ccccc2F)NC(=O)c2ccccc2)c1)C(=O)Nc1nc(-c2ccc(C)cc2)cs1. The minimum Gasteiger partial charge on any atom is -0.321 e. The first kappa shape index (κ1) is 32.3. The number of carbonyl (C=O) groups is 3. The van der Waals surface area contributed by atoms with Crippen LogP contribution >= 0.6 is 23.1 Å². The van der Waals surface area contributed by atoms with Crippen molar-refractivity contribution in [3.05, 3.63) is 137 Å². The Balaban J connectivity index is 1.28. The van der Waals surface area contributed by atoms with E-state index in [2.05, 4.69) is 20.9 Å². The van der Waals surface area contributed by atoms with Gasteiger partial charge in [-0.3, -0.25) is 14.4 Å². The van der Waals surface area contributed by atoms with Gasteiger partial charge in [-0.2, -0.15) is 0 Å². The average Bonchev–Trinajstić information content (AvgIpc) is 3.53. The van der Waals surface area contributed by atoms with E-state index < -0.39 is 22.9 Å². The lowest BCUT2D eigenvalue weighted by atomic mass is 10.1. The van der Waals surface area contributed by atoms with Gasteiger partial charge in [0.2, 0.25) is 5.91 Å². The van der Waals surface area contributed by atoms with Crippen LogP contribution in [0.3, 0.4) is 0 Å². The van der Waals surface area contributed by atoms with Crippen molar-refractivity contribution >= 4 is 57.7 Å². The second-order valence-corrected chi connectivity index (χ2v) is 12.4. The zero-order valence-corrected chi connectivity index (χ0v) is 26.8. The van der Waals surface area contributed by atoms with Gasteiger partial charge in [-0.1, -0.05) is 79.2 Å². The number of nitrogens with one attached hydrogen (secondary N) is 3. The van der Waals surface area contributed by atoms with Crippen molar-refractivity contribution in [3.63, 3.8) is 0 Å². The number of benzene rings is 4. The molecule has 0 aliphatic carbocycles. The molecule has 5 aromatic rings. The number of rotatable bonds is 11. The summed E-state index contributed by atoms with van der Waals surface area (Å²) < 4.78 is 14.5. The number of halogens is 1. The van der Waals surface area contributed by atoms with E-state index in [1.165, 1.54) is 41.3 Å². The van der Waals surface area contributed by atoms with Crippen molar-refractivity contribution in [1.29, 1.82) is 0 Å². The van der Waals surface area contributed by atoms with Crippen molar-refractivity contribution in [1.82, 2.24) is 10.3 Å². The maximum Gasteiger partial charge on any atom is 0.272 e. The highest BCUT2D eigenvalue weighted by atomic mass is 32.2. The zero-order valence-electron chi connectivity index (χ0n) is 25.1. The number of aryl methyl sites for hydroxylation is 1. The molecule has 4 aromatic carbocycles. The third-order valence-corrected chi connectivity index (χ3v) is 8.96. The lowest BCUT2D eigenvalue weighted by molar-refractivity contribution is -0.116. The average molecular weight is 651 g/mol. The summed E-state index contributed by atoms with van der Waals surface area (Å²) in [5, 5.41) is 10.4. The second kappa shape index (κ2) is 15.3. The van der Waals surface area contributed by atoms with Gasteiger partial charge in [0.15, 0.2) is 5.13 Å². The molecule has 7 nitrogen and oxygen atoms in total. The predicted octanol–water partition coefficient (Wildman–Crippen LogP) is 8.18. The summed E-state index contributed by atoms with van der Waals surface area (Å²) >= 11 is 2.73. The zero-order chi connectivity index (χ0) is 32.5. The van der Waals surface area contributed by atoms with Crippen LogP contribution in [0.2, 0.25) is 0 Å². The summed E-state index contributed by atoms with van der Waals surface area (Å²) in [6, 6.07) is 29.5. The summed E-state index contributed by atoms with van der Waals surface area (Å²) in [4.78, 5) is 44.9. The van der Waals surface area contributed by atoms with Gasteiger partial charge in [-0.15, -0.1) is 23.1 Å². The van der Waals surface area contributed by atoms with Crippen LogP contribution in [-0.4, -0.2) is 28.0 Å². The molecule has 0 spiro atoms. The number of hydrogen-bond donors (Lipinski definition) is 3. The van der Waals surface area contributed by atoms with Crippen LogP contribution in [0.1, 0.15) is 34.8 Å². The Bertz CT molecular complexity index is 1870. The van der Waals surface area contributed by atoms with Gasteiger partial charge in [0.1, 0.15) is 11.5 Å². The smallest absolute Gasteiger partial charge is 0.272 e. The number of thioether (sulfide) groups is 1. The number of thiazole rings is 1. The van der Waals surface area contributed by atoms with Crippen LogP contribution in [0.25, 0.3) is 17.3 Å². The van der Waals surface area contributed by atoms with Gasteiger partial charge in [-0.05, 0) is 55.8 Å². The minimum absolute atomic E-state index is 0.128. The van der Waals surface area contributed by atoms with Crippen LogP contribution in [-0.2, 0) is 9.59 Å². The molecule has 1 unspecified atom stereocenters. The van der Waals surface area contributed by atoms with Crippen LogP contribution in [0, 0.1) is 12.7 Å². The second-order valence-electron chi connectivity index (χ2n) is 10.3. The fourth-order valence-corrected chi connectivity index (χ4v) is 6.13. The van der Waals surface area contributed by atoms with Crippen molar-refractivity contribution in [2.75, 3.05) is 10.6 Å². The Labute approximate surface area is 275 Å². The lowest BCUT2D eigenvalue weighted by Crippen LogP contribution is -2.30. The topological polar surface area (TPSA) is 100 Å². The van der Waals surface area contributed by atoms with Crippen molar-refractivity contribution in [2.45, 2.75) is 30.4 Å². The third kappa shape index (κ3) is 8.56. The maximum atomic E-state index is 14.5. The molecular formula is C36H31FN4O3S2. The van der Waals surface area contributed by atoms with Crippen LogP contribution in [0.5, 0.6) is 0 Å². The lowest BCUT2D eigenvalue weighted by Gasteiger charge is -2.15. The van der Waals surface area contributed by atoms with Gasteiger partial charge in [0, 0.05) is 32.7 Å². The van der Waals surface area contributed by atoms with E-state index in [4.69, 9.17) is 0 Å². The monoisotopic (exact) mass is 650 g/mol. The highest BCUT2D eigenvalue weighted by Crippen LogP contribution is 2.30. The number of hydrogen-bond acceptors (Lipinski definition) is 6. The first-order valence-electron chi connectivity index (χ1n) is 14.5. The molecule has 1 atom stereocenters. The van der Waals surface area contributed by atoms with E-state index in [0.29, 0.717) is 22.8 Å². The van der Waals surface area contributed by atoms with Gasteiger partial charge in [0.05, 0.1) is 10.9 Å². The van der Waals surface area contributed by atoms with Crippen molar-refractivity contribution in [3.8, 4) is 11.3 Å². The molecule has 3 N–H and O–H groups in total. The summed E-state index contributed by atoms with van der Waals surface area (Å²) in [5.74, 6) is -1.85. The Morgan fingerprint density at radius 3 is 2.39 bits per heavy atom. The number of amides is 3. The third-order valence-electron chi connectivity index (χ3n) is 6.85. The largest absolute Gasteiger partial charge is 0.321 e. The van der Waals surface area contributed by atoms with Crippen LogP contribution in [0.15, 0.2) is 119 Å². The molecule has 0 radical (unpaired) electrons. The Morgan fingerprint density at radius 1 is 0.913 bits per heavy atom. The van der Waals surface area contributed by atoms with E-state index in [1.54, 1.807) is 60.7 Å². The van der Waals surface area contributed by atoms with Crippen LogP contribution < -0.4 is 16.0 Å². The molecule has 0 fully saturated rings. The van der Waals surface area contributed by atoms with Gasteiger partial charge in [-0.25, -0.2) is 9.37 Å². The molecule has 232 valence electrons. The van der Waals surface area contributed by atoms with Gasteiger partial charge >= 0.3 is 0 Å². The maximum absolute atomic E-state index is 14.5. The highest BCUT2D eigenvalue weighted by molar-refractivity contribution is 8.00. The molecule has 3 amide bonds. The van der Waals surface area contributed by atoms with Gasteiger partial charge < -0.3 is 16.0 Å². The first-order valence-corrected chi connectivity index (χ1v) is 16.3. The minimum atomic E-state index is -0.632. The van der Waals surface area contributed by atoms with E-state index >= 15 is 0 Å². The highest BCUT2D eigenvalue weighted by Gasteiger charge is 2.21. The molecule has 0 aliphatic rings.